The van der Waals surface area contributed by atoms with E-state index in [1.807, 2.05) is 0 Å². The summed E-state index contributed by atoms with van der Waals surface area (Å²) in [5, 5.41) is 11.2. The first kappa shape index (κ1) is 19.2. The number of halogens is 1. The van der Waals surface area contributed by atoms with E-state index < -0.39 is 16.6 Å². The van der Waals surface area contributed by atoms with Crippen molar-refractivity contribution in [2.24, 2.45) is 0 Å². The van der Waals surface area contributed by atoms with E-state index in [0.717, 1.165) is 0 Å². The summed E-state index contributed by atoms with van der Waals surface area (Å²) in [6, 6.07) is 12.6. The van der Waals surface area contributed by atoms with Crippen LogP contribution in [0, 0.1) is 10.1 Å². The van der Waals surface area contributed by atoms with E-state index in [-0.39, 0.29) is 39.8 Å². The monoisotopic (exact) mass is 399 g/mol. The van der Waals surface area contributed by atoms with Crippen molar-refractivity contribution in [1.29, 1.82) is 0 Å². The SMILES string of the molecule is CCOC(=O)c1c(-c2ccc(Cl)c([N+](=O)[O-])c2)nc(=O)[nH]c1-c1ccccc1. The predicted octanol–water partition coefficient (Wildman–Crippen LogP) is 3.84. The van der Waals surface area contributed by atoms with Gasteiger partial charge in [0.15, 0.2) is 0 Å². The maximum Gasteiger partial charge on any atom is 0.346 e. The fourth-order valence-electron chi connectivity index (χ4n) is 2.71. The number of aromatic nitrogens is 2. The first-order valence-corrected chi connectivity index (χ1v) is 8.61. The largest absolute Gasteiger partial charge is 0.462 e. The van der Waals surface area contributed by atoms with E-state index in [0.29, 0.717) is 5.56 Å². The molecule has 0 saturated carbocycles. The molecule has 0 aliphatic rings. The topological polar surface area (TPSA) is 115 Å². The number of carbonyl (C=O) groups is 1. The number of nitrogens with zero attached hydrogens (tertiary/aromatic N) is 2. The van der Waals surface area contributed by atoms with E-state index in [2.05, 4.69) is 9.97 Å². The molecule has 28 heavy (non-hydrogen) atoms. The number of rotatable bonds is 5. The van der Waals surface area contributed by atoms with Crippen molar-refractivity contribution in [3.63, 3.8) is 0 Å². The lowest BCUT2D eigenvalue weighted by molar-refractivity contribution is -0.384. The minimum Gasteiger partial charge on any atom is -0.462 e. The van der Waals surface area contributed by atoms with Gasteiger partial charge in [0, 0.05) is 11.6 Å². The van der Waals surface area contributed by atoms with Gasteiger partial charge < -0.3 is 9.72 Å². The second-order valence-corrected chi connectivity index (χ2v) is 6.06. The predicted molar refractivity (Wildman–Crippen MR) is 103 cm³/mol. The zero-order valence-electron chi connectivity index (χ0n) is 14.6. The third-order valence-electron chi connectivity index (χ3n) is 3.89. The van der Waals surface area contributed by atoms with Gasteiger partial charge in [0.1, 0.15) is 10.6 Å². The number of nitro groups is 1. The second kappa shape index (κ2) is 8.01. The van der Waals surface area contributed by atoms with E-state index in [1.54, 1.807) is 37.3 Å². The second-order valence-electron chi connectivity index (χ2n) is 5.65. The molecule has 1 aromatic heterocycles. The highest BCUT2D eigenvalue weighted by atomic mass is 35.5. The zero-order valence-corrected chi connectivity index (χ0v) is 15.4. The van der Waals surface area contributed by atoms with Gasteiger partial charge in [-0.05, 0) is 18.6 Å². The molecule has 0 aliphatic carbocycles. The molecule has 3 rings (SSSR count). The van der Waals surface area contributed by atoms with Gasteiger partial charge in [0.25, 0.3) is 5.69 Å². The molecule has 0 fully saturated rings. The van der Waals surface area contributed by atoms with Gasteiger partial charge in [0.05, 0.1) is 22.9 Å². The maximum atomic E-state index is 12.7. The Morgan fingerprint density at radius 1 is 1.21 bits per heavy atom. The Morgan fingerprint density at radius 3 is 2.57 bits per heavy atom. The van der Waals surface area contributed by atoms with Crippen molar-refractivity contribution in [2.75, 3.05) is 6.61 Å². The number of carbonyl (C=O) groups excluding carboxylic acids is 1. The summed E-state index contributed by atoms with van der Waals surface area (Å²) in [7, 11) is 0. The molecular weight excluding hydrogens is 386 g/mol. The summed E-state index contributed by atoms with van der Waals surface area (Å²) < 4.78 is 5.13. The van der Waals surface area contributed by atoms with Crippen LogP contribution in [0.25, 0.3) is 22.5 Å². The molecule has 0 atom stereocenters. The lowest BCUT2D eigenvalue weighted by atomic mass is 10.00. The van der Waals surface area contributed by atoms with Gasteiger partial charge >= 0.3 is 11.7 Å². The Kier molecular flexibility index (Phi) is 5.51. The number of nitrogens with one attached hydrogen (secondary N) is 1. The highest BCUT2D eigenvalue weighted by Crippen LogP contribution is 2.33. The number of benzene rings is 2. The Balaban J connectivity index is 2.34. The summed E-state index contributed by atoms with van der Waals surface area (Å²) in [5.74, 6) is -0.710. The Hall–Kier alpha value is -3.52. The molecular formula is C19H14ClN3O5. The molecule has 0 radical (unpaired) electrons. The van der Waals surface area contributed by atoms with Crippen LogP contribution in [-0.4, -0.2) is 27.5 Å². The van der Waals surface area contributed by atoms with Crippen molar-refractivity contribution >= 4 is 23.3 Å². The molecule has 0 bridgehead atoms. The lowest BCUT2D eigenvalue weighted by Crippen LogP contribution is -2.19. The van der Waals surface area contributed by atoms with Gasteiger partial charge in [-0.15, -0.1) is 0 Å². The molecule has 0 saturated heterocycles. The normalized spacial score (nSPS) is 10.5. The van der Waals surface area contributed by atoms with Crippen LogP contribution in [0.1, 0.15) is 17.3 Å². The highest BCUT2D eigenvalue weighted by molar-refractivity contribution is 6.32. The Bertz CT molecular complexity index is 1110. The van der Waals surface area contributed by atoms with Crippen molar-refractivity contribution < 1.29 is 14.5 Å². The zero-order chi connectivity index (χ0) is 20.3. The Morgan fingerprint density at radius 2 is 1.93 bits per heavy atom. The highest BCUT2D eigenvalue weighted by Gasteiger charge is 2.24. The van der Waals surface area contributed by atoms with Crippen LogP contribution in [0.15, 0.2) is 53.3 Å². The van der Waals surface area contributed by atoms with Crippen LogP contribution < -0.4 is 5.69 Å². The maximum absolute atomic E-state index is 12.7. The molecule has 9 heteroatoms. The quantitative estimate of drug-likeness (QED) is 0.396. The van der Waals surface area contributed by atoms with Crippen molar-refractivity contribution in [2.45, 2.75) is 6.92 Å². The fraction of sp³-hybridized carbons (Fsp3) is 0.105. The minimum atomic E-state index is -0.710. The standard InChI is InChI=1S/C19H14ClN3O5/c1-2-28-18(24)15-16(11-6-4-3-5-7-11)21-19(25)22-17(15)12-8-9-13(20)14(10-12)23(26)27/h3-10H,2H2,1H3,(H,21,22,25). The minimum absolute atomic E-state index is 0.00395. The van der Waals surface area contributed by atoms with Gasteiger partial charge in [0.2, 0.25) is 0 Å². The number of aromatic amines is 1. The van der Waals surface area contributed by atoms with E-state index >= 15 is 0 Å². The van der Waals surface area contributed by atoms with Gasteiger partial charge in [-0.1, -0.05) is 48.0 Å². The molecule has 1 N–H and O–H groups in total. The summed E-state index contributed by atoms with van der Waals surface area (Å²) in [5.41, 5.74) is -0.120. The van der Waals surface area contributed by atoms with Crippen molar-refractivity contribution in [3.8, 4) is 22.5 Å². The number of nitro benzene ring substituents is 1. The molecule has 2 aromatic carbocycles. The third-order valence-corrected chi connectivity index (χ3v) is 4.21. The van der Waals surface area contributed by atoms with Crippen LogP contribution in [0.3, 0.4) is 0 Å². The third kappa shape index (κ3) is 3.77. The summed E-state index contributed by atoms with van der Waals surface area (Å²) in [4.78, 5) is 41.9. The van der Waals surface area contributed by atoms with Crippen LogP contribution in [-0.2, 0) is 4.74 Å². The molecule has 0 unspecified atom stereocenters. The van der Waals surface area contributed by atoms with Crippen LogP contribution in [0.4, 0.5) is 5.69 Å². The smallest absolute Gasteiger partial charge is 0.346 e. The molecule has 0 aliphatic heterocycles. The van der Waals surface area contributed by atoms with E-state index in [9.17, 15) is 19.7 Å². The van der Waals surface area contributed by atoms with E-state index in [1.165, 1.54) is 18.2 Å². The van der Waals surface area contributed by atoms with Gasteiger partial charge in [-0.25, -0.2) is 9.59 Å². The van der Waals surface area contributed by atoms with Gasteiger partial charge in [-0.3, -0.25) is 10.1 Å². The molecule has 1 heterocycles. The van der Waals surface area contributed by atoms with Crippen LogP contribution in [0.2, 0.25) is 5.02 Å². The first-order chi connectivity index (χ1) is 13.4. The average Bonchev–Trinajstić information content (AvgIpc) is 2.68. The van der Waals surface area contributed by atoms with Crippen LogP contribution in [0.5, 0.6) is 0 Å². The summed E-state index contributed by atoms with van der Waals surface area (Å²) in [6.45, 7) is 1.75. The number of H-pyrrole nitrogens is 1. The molecule has 8 nitrogen and oxygen atoms in total. The first-order valence-electron chi connectivity index (χ1n) is 8.23. The van der Waals surface area contributed by atoms with Crippen LogP contribution >= 0.6 is 11.6 Å². The average molecular weight is 400 g/mol. The molecule has 0 amide bonds. The summed E-state index contributed by atoms with van der Waals surface area (Å²) >= 11 is 5.87. The fourth-order valence-corrected chi connectivity index (χ4v) is 2.89. The number of esters is 1. The van der Waals surface area contributed by atoms with E-state index in [4.69, 9.17) is 16.3 Å². The Labute approximate surface area is 163 Å². The van der Waals surface area contributed by atoms with Gasteiger partial charge in [-0.2, -0.15) is 4.98 Å². The number of hydrogen-bond acceptors (Lipinski definition) is 6. The van der Waals surface area contributed by atoms with Crippen molar-refractivity contribution in [3.05, 3.63) is 79.7 Å². The van der Waals surface area contributed by atoms with Crippen molar-refractivity contribution in [1.82, 2.24) is 9.97 Å². The molecule has 0 spiro atoms. The lowest BCUT2D eigenvalue weighted by Gasteiger charge is -2.13. The number of ether oxygens (including phenoxy) is 1. The molecule has 3 aromatic rings. The number of hydrogen-bond donors (Lipinski definition) is 1. The summed E-state index contributed by atoms with van der Waals surface area (Å²) in [6.07, 6.45) is 0. The molecule has 142 valence electrons.